The molecule has 18 heavy (non-hydrogen) atoms. The lowest BCUT2D eigenvalue weighted by molar-refractivity contribution is 0.555. The van der Waals surface area contributed by atoms with Gasteiger partial charge < -0.3 is 14.7 Å². The summed E-state index contributed by atoms with van der Waals surface area (Å²) in [6.07, 6.45) is 1.67. The van der Waals surface area contributed by atoms with E-state index in [-0.39, 0.29) is 0 Å². The lowest BCUT2D eigenvalue weighted by Gasteiger charge is -2.04. The molecule has 0 aliphatic rings. The van der Waals surface area contributed by atoms with Gasteiger partial charge >= 0.3 is 5.76 Å². The zero-order valence-electron chi connectivity index (χ0n) is 9.78. The summed E-state index contributed by atoms with van der Waals surface area (Å²) in [5.74, 6) is -0.440. The van der Waals surface area contributed by atoms with Gasteiger partial charge in [0.1, 0.15) is 0 Å². The van der Waals surface area contributed by atoms with Crippen LogP contribution in [-0.4, -0.2) is 15.0 Å². The number of rotatable bonds is 3. The number of nitrogens with one attached hydrogen (secondary N) is 3. The molecule has 0 saturated heterocycles. The maximum absolute atomic E-state index is 11.0. The SMILES string of the molecule is Cc1[nH]cnc1CNc1ccc2oc(=O)[nH]c2c1. The second-order valence-electron chi connectivity index (χ2n) is 4.05. The van der Waals surface area contributed by atoms with E-state index in [0.29, 0.717) is 17.6 Å². The number of aromatic nitrogens is 3. The van der Waals surface area contributed by atoms with Crippen LogP contribution in [0.2, 0.25) is 0 Å². The summed E-state index contributed by atoms with van der Waals surface area (Å²) >= 11 is 0. The Morgan fingerprint density at radius 1 is 1.44 bits per heavy atom. The van der Waals surface area contributed by atoms with Gasteiger partial charge in [-0.05, 0) is 25.1 Å². The molecule has 0 fully saturated rings. The van der Waals surface area contributed by atoms with Crippen LogP contribution in [0.3, 0.4) is 0 Å². The molecule has 3 aromatic rings. The summed E-state index contributed by atoms with van der Waals surface area (Å²) in [6, 6.07) is 5.45. The van der Waals surface area contributed by atoms with Crippen molar-refractivity contribution in [3.8, 4) is 0 Å². The number of hydrogen-bond donors (Lipinski definition) is 3. The molecule has 1 aromatic carbocycles. The molecule has 0 aliphatic heterocycles. The van der Waals surface area contributed by atoms with Crippen molar-refractivity contribution in [3.63, 3.8) is 0 Å². The molecule has 0 bridgehead atoms. The number of hydrogen-bond acceptors (Lipinski definition) is 4. The van der Waals surface area contributed by atoms with Crippen LogP contribution < -0.4 is 11.1 Å². The Hall–Kier alpha value is -2.50. The van der Waals surface area contributed by atoms with Gasteiger partial charge in [0.15, 0.2) is 5.58 Å². The first kappa shape index (κ1) is 10.6. The fourth-order valence-corrected chi connectivity index (χ4v) is 1.81. The first-order valence-corrected chi connectivity index (χ1v) is 5.58. The molecule has 92 valence electrons. The van der Waals surface area contributed by atoms with Gasteiger partial charge in [-0.25, -0.2) is 9.78 Å². The van der Waals surface area contributed by atoms with Crippen molar-refractivity contribution in [2.45, 2.75) is 13.5 Å². The fourth-order valence-electron chi connectivity index (χ4n) is 1.81. The van der Waals surface area contributed by atoms with E-state index in [1.807, 2.05) is 19.1 Å². The average molecular weight is 244 g/mol. The van der Waals surface area contributed by atoms with Gasteiger partial charge in [0.2, 0.25) is 0 Å². The third-order valence-electron chi connectivity index (χ3n) is 2.81. The van der Waals surface area contributed by atoms with Crippen LogP contribution in [-0.2, 0) is 6.54 Å². The summed E-state index contributed by atoms with van der Waals surface area (Å²) in [5, 5.41) is 3.24. The third kappa shape index (κ3) is 1.88. The Balaban J connectivity index is 1.82. The first-order valence-electron chi connectivity index (χ1n) is 5.58. The Bertz CT molecular complexity index is 738. The van der Waals surface area contributed by atoms with E-state index < -0.39 is 5.76 Å². The maximum Gasteiger partial charge on any atom is 0.417 e. The highest BCUT2D eigenvalue weighted by Crippen LogP contribution is 2.16. The number of oxazole rings is 1. The number of benzene rings is 1. The van der Waals surface area contributed by atoms with E-state index in [0.717, 1.165) is 17.1 Å². The van der Waals surface area contributed by atoms with Crippen molar-refractivity contribution in [1.29, 1.82) is 0 Å². The molecule has 2 heterocycles. The predicted octanol–water partition coefficient (Wildman–Crippen LogP) is 1.76. The van der Waals surface area contributed by atoms with Crippen LogP contribution in [0.4, 0.5) is 5.69 Å². The second kappa shape index (κ2) is 4.06. The third-order valence-corrected chi connectivity index (χ3v) is 2.81. The van der Waals surface area contributed by atoms with Crippen molar-refractivity contribution in [2.75, 3.05) is 5.32 Å². The van der Waals surface area contributed by atoms with Gasteiger partial charge in [0.05, 0.1) is 24.1 Å². The Morgan fingerprint density at radius 2 is 2.33 bits per heavy atom. The minimum atomic E-state index is -0.440. The highest BCUT2D eigenvalue weighted by atomic mass is 16.4. The van der Waals surface area contributed by atoms with Crippen molar-refractivity contribution in [3.05, 3.63) is 46.5 Å². The van der Waals surface area contributed by atoms with E-state index in [4.69, 9.17) is 4.42 Å². The fraction of sp³-hybridized carbons (Fsp3) is 0.167. The van der Waals surface area contributed by atoms with Gasteiger partial charge in [-0.1, -0.05) is 0 Å². The highest BCUT2D eigenvalue weighted by Gasteiger charge is 2.03. The number of imidazole rings is 1. The molecule has 0 amide bonds. The molecule has 2 aromatic heterocycles. The Labute approximate surface area is 102 Å². The molecule has 0 radical (unpaired) electrons. The molecule has 0 saturated carbocycles. The maximum atomic E-state index is 11.0. The van der Waals surface area contributed by atoms with Crippen LogP contribution in [0, 0.1) is 6.92 Å². The lowest BCUT2D eigenvalue weighted by atomic mass is 10.2. The van der Waals surface area contributed by atoms with Gasteiger partial charge in [-0.15, -0.1) is 0 Å². The minimum absolute atomic E-state index is 0.440. The second-order valence-corrected chi connectivity index (χ2v) is 4.05. The number of nitrogens with zero attached hydrogens (tertiary/aromatic N) is 1. The molecular formula is C12H12N4O2. The lowest BCUT2D eigenvalue weighted by Crippen LogP contribution is -2.01. The summed E-state index contributed by atoms with van der Waals surface area (Å²) in [7, 11) is 0. The molecule has 0 atom stereocenters. The number of aryl methyl sites for hydroxylation is 1. The first-order chi connectivity index (χ1) is 8.72. The predicted molar refractivity (Wildman–Crippen MR) is 67.5 cm³/mol. The van der Waals surface area contributed by atoms with Crippen molar-refractivity contribution < 1.29 is 4.42 Å². The standard InChI is InChI=1S/C12H12N4O2/c1-7-10(15-6-14-7)5-13-8-2-3-11-9(4-8)16-12(17)18-11/h2-4,6,13H,5H2,1H3,(H,14,15)(H,16,17). The number of H-pyrrole nitrogens is 2. The van der Waals surface area contributed by atoms with E-state index in [9.17, 15) is 4.79 Å². The van der Waals surface area contributed by atoms with Crippen molar-refractivity contribution in [1.82, 2.24) is 15.0 Å². The molecule has 6 nitrogen and oxygen atoms in total. The molecule has 0 unspecified atom stereocenters. The normalized spacial score (nSPS) is 10.9. The zero-order chi connectivity index (χ0) is 12.5. The average Bonchev–Trinajstić information content (AvgIpc) is 2.90. The van der Waals surface area contributed by atoms with E-state index >= 15 is 0 Å². The molecular weight excluding hydrogens is 232 g/mol. The summed E-state index contributed by atoms with van der Waals surface area (Å²) in [5.41, 5.74) is 4.16. The number of aromatic amines is 2. The van der Waals surface area contributed by atoms with E-state index in [2.05, 4.69) is 20.3 Å². The summed E-state index contributed by atoms with van der Waals surface area (Å²) < 4.78 is 4.94. The van der Waals surface area contributed by atoms with Crippen molar-refractivity contribution >= 4 is 16.8 Å². The molecule has 3 N–H and O–H groups in total. The Kier molecular flexibility index (Phi) is 2.40. The smallest absolute Gasteiger partial charge is 0.408 e. The zero-order valence-corrected chi connectivity index (χ0v) is 9.78. The minimum Gasteiger partial charge on any atom is -0.408 e. The summed E-state index contributed by atoms with van der Waals surface area (Å²) in [6.45, 7) is 2.60. The van der Waals surface area contributed by atoms with Crippen LogP contribution in [0.15, 0.2) is 33.7 Å². The van der Waals surface area contributed by atoms with Gasteiger partial charge in [-0.3, -0.25) is 4.98 Å². The monoisotopic (exact) mass is 244 g/mol. The quantitative estimate of drug-likeness (QED) is 0.655. The van der Waals surface area contributed by atoms with Crippen molar-refractivity contribution in [2.24, 2.45) is 0 Å². The number of anilines is 1. The highest BCUT2D eigenvalue weighted by molar-refractivity contribution is 5.76. The molecule has 3 rings (SSSR count). The summed E-state index contributed by atoms with van der Waals surface area (Å²) in [4.78, 5) is 20.9. The molecule has 6 heteroatoms. The van der Waals surface area contributed by atoms with Gasteiger partial charge in [0.25, 0.3) is 0 Å². The van der Waals surface area contributed by atoms with E-state index in [1.54, 1.807) is 12.4 Å². The largest absolute Gasteiger partial charge is 0.417 e. The molecule has 0 spiro atoms. The molecule has 0 aliphatic carbocycles. The number of fused-ring (bicyclic) bond motifs is 1. The van der Waals surface area contributed by atoms with Crippen LogP contribution in [0.5, 0.6) is 0 Å². The van der Waals surface area contributed by atoms with Crippen LogP contribution in [0.25, 0.3) is 11.1 Å². The van der Waals surface area contributed by atoms with Crippen LogP contribution in [0.1, 0.15) is 11.4 Å². The Morgan fingerprint density at radius 3 is 3.11 bits per heavy atom. The van der Waals surface area contributed by atoms with E-state index in [1.165, 1.54) is 0 Å². The topological polar surface area (TPSA) is 86.7 Å². The van der Waals surface area contributed by atoms with Crippen LogP contribution >= 0.6 is 0 Å². The van der Waals surface area contributed by atoms with Gasteiger partial charge in [0, 0.05) is 11.4 Å². The van der Waals surface area contributed by atoms with Gasteiger partial charge in [-0.2, -0.15) is 0 Å².